The molecule has 0 bridgehead atoms. The summed E-state index contributed by atoms with van der Waals surface area (Å²) in [5.74, 6) is 3.36. The van der Waals surface area contributed by atoms with Gasteiger partial charge in [-0.05, 0) is 92.2 Å². The quantitative estimate of drug-likeness (QED) is 0.160. The molecule has 1 aromatic heterocycles. The van der Waals surface area contributed by atoms with Crippen LogP contribution in [0.4, 0.5) is 0 Å². The highest BCUT2D eigenvalue weighted by Gasteiger charge is 2.46. The maximum atomic E-state index is 9.44. The molecule has 0 atom stereocenters. The molecule has 0 aliphatic carbocycles. The average molecular weight is 855 g/mol. The van der Waals surface area contributed by atoms with E-state index in [0.717, 1.165) is 61.6 Å². The predicted octanol–water partition coefficient (Wildman–Crippen LogP) is 15.2. The first-order chi connectivity index (χ1) is 31.9. The first kappa shape index (κ1) is 42.0. The van der Waals surface area contributed by atoms with E-state index in [1.165, 1.54) is 22.3 Å². The molecule has 5 heteroatoms. The van der Waals surface area contributed by atoms with Crippen molar-refractivity contribution < 1.29 is 4.74 Å². The highest BCUT2D eigenvalue weighted by atomic mass is 16.5. The molecule has 0 fully saturated rings. The first-order valence-electron chi connectivity index (χ1n) is 22.6. The van der Waals surface area contributed by atoms with Gasteiger partial charge in [-0.1, -0.05) is 193 Å². The Morgan fingerprint density at radius 1 is 0.424 bits per heavy atom. The van der Waals surface area contributed by atoms with Crippen molar-refractivity contribution in [2.45, 2.75) is 57.8 Å². The van der Waals surface area contributed by atoms with Crippen molar-refractivity contribution in [3.05, 3.63) is 233 Å². The molecular weight excluding hydrogens is 805 g/mol. The highest BCUT2D eigenvalue weighted by Crippen LogP contribution is 2.57. The van der Waals surface area contributed by atoms with Crippen LogP contribution in [0.3, 0.4) is 0 Å². The number of para-hydroxylation sites is 2. The van der Waals surface area contributed by atoms with E-state index in [2.05, 4.69) is 181 Å². The Kier molecular flexibility index (Phi) is 10.5. The van der Waals surface area contributed by atoms with Crippen molar-refractivity contribution in [2.75, 3.05) is 0 Å². The summed E-state index contributed by atoms with van der Waals surface area (Å²) >= 11 is 0. The van der Waals surface area contributed by atoms with E-state index in [9.17, 15) is 5.26 Å². The van der Waals surface area contributed by atoms with Crippen molar-refractivity contribution in [1.29, 1.82) is 5.26 Å². The molecule has 1 aliphatic rings. The van der Waals surface area contributed by atoms with Crippen molar-refractivity contribution >= 4 is 0 Å². The summed E-state index contributed by atoms with van der Waals surface area (Å²) in [7, 11) is 0. The lowest BCUT2D eigenvalue weighted by Gasteiger charge is -2.42. The molecule has 0 saturated heterocycles. The summed E-state index contributed by atoms with van der Waals surface area (Å²) in [6, 6.07) is 70.2. The molecular formula is C61H50N4O. The zero-order chi connectivity index (χ0) is 45.6. The molecule has 0 spiro atoms. The highest BCUT2D eigenvalue weighted by molar-refractivity contribution is 5.83. The minimum absolute atomic E-state index is 0.00871. The van der Waals surface area contributed by atoms with Crippen molar-refractivity contribution in [1.82, 2.24) is 15.0 Å². The summed E-state index contributed by atoms with van der Waals surface area (Å²) in [5.41, 5.74) is 13.8. The van der Waals surface area contributed by atoms with Gasteiger partial charge in [0.1, 0.15) is 11.5 Å². The van der Waals surface area contributed by atoms with Gasteiger partial charge in [0.25, 0.3) is 0 Å². The lowest BCUT2D eigenvalue weighted by Crippen LogP contribution is -2.34. The molecule has 0 saturated carbocycles. The first-order valence-corrected chi connectivity index (χ1v) is 22.6. The number of hydrogen-bond donors (Lipinski definition) is 0. The van der Waals surface area contributed by atoms with Crippen LogP contribution in [0.5, 0.6) is 11.5 Å². The van der Waals surface area contributed by atoms with Gasteiger partial charge in [0.2, 0.25) is 0 Å². The molecule has 1 aliphatic heterocycles. The Bertz CT molecular complexity index is 3220. The van der Waals surface area contributed by atoms with Gasteiger partial charge in [-0.3, -0.25) is 0 Å². The number of nitriles is 1. The molecule has 2 heterocycles. The minimum Gasteiger partial charge on any atom is -0.456 e. The fourth-order valence-corrected chi connectivity index (χ4v) is 9.27. The molecule has 0 amide bonds. The Balaban J connectivity index is 1.11. The fourth-order valence-electron chi connectivity index (χ4n) is 9.27. The van der Waals surface area contributed by atoms with Gasteiger partial charge in [0.05, 0.1) is 17.0 Å². The number of rotatable bonds is 7. The Hall–Kier alpha value is -7.94. The Morgan fingerprint density at radius 2 is 0.879 bits per heavy atom. The molecule has 0 N–H and O–H groups in total. The van der Waals surface area contributed by atoms with Crippen LogP contribution in [0.25, 0.3) is 56.4 Å². The summed E-state index contributed by atoms with van der Waals surface area (Å²) < 4.78 is 7.11. The third kappa shape index (κ3) is 7.65. The van der Waals surface area contributed by atoms with Crippen LogP contribution < -0.4 is 4.74 Å². The number of fused-ring (bicyclic) bond motifs is 2. The topological polar surface area (TPSA) is 71.7 Å². The van der Waals surface area contributed by atoms with Crippen LogP contribution >= 0.6 is 0 Å². The van der Waals surface area contributed by atoms with E-state index in [1.807, 2.05) is 48.5 Å². The molecule has 9 aromatic rings. The number of benzene rings is 8. The van der Waals surface area contributed by atoms with Crippen LogP contribution in [0.2, 0.25) is 0 Å². The largest absolute Gasteiger partial charge is 0.456 e. The lowest BCUT2D eigenvalue weighted by atomic mass is 9.62. The molecule has 66 heavy (non-hydrogen) atoms. The van der Waals surface area contributed by atoms with E-state index < -0.39 is 5.41 Å². The molecule has 5 nitrogen and oxygen atoms in total. The van der Waals surface area contributed by atoms with Gasteiger partial charge < -0.3 is 4.74 Å². The van der Waals surface area contributed by atoms with E-state index >= 15 is 0 Å². The third-order valence-corrected chi connectivity index (χ3v) is 12.9. The normalized spacial score (nSPS) is 12.9. The van der Waals surface area contributed by atoms with Gasteiger partial charge in [-0.2, -0.15) is 5.26 Å². The Morgan fingerprint density at radius 3 is 1.45 bits per heavy atom. The monoisotopic (exact) mass is 854 g/mol. The summed E-state index contributed by atoms with van der Waals surface area (Å²) in [6.45, 7) is 13.6. The van der Waals surface area contributed by atoms with E-state index in [0.29, 0.717) is 23.0 Å². The molecule has 10 rings (SSSR count). The van der Waals surface area contributed by atoms with Gasteiger partial charge in [0, 0.05) is 33.4 Å². The standard InChI is InChI=1S/C61H50N4O/c1-59(2,3)47-29-33-49(34-30-47)61(50-35-31-48(32-36-50)60(4,5)6)52-22-10-11-24-54(52)66-55-51(21-14-23-53(55)61)45-19-12-17-43(37-45)44-18-13-20-46(38-44)58-64-56(41-15-8-7-9-16-41)63-57(65-58)42-27-25-40(39-62)26-28-42/h7-38H,1-6H3. The van der Waals surface area contributed by atoms with Crippen molar-refractivity contribution in [3.8, 4) is 74.0 Å². The Labute approximate surface area is 388 Å². The van der Waals surface area contributed by atoms with Gasteiger partial charge in [0.15, 0.2) is 17.5 Å². The smallest absolute Gasteiger partial charge is 0.164 e. The van der Waals surface area contributed by atoms with Crippen LogP contribution in [-0.4, -0.2) is 15.0 Å². The zero-order valence-corrected chi connectivity index (χ0v) is 38.2. The van der Waals surface area contributed by atoms with E-state index in [1.54, 1.807) is 12.1 Å². The van der Waals surface area contributed by atoms with E-state index in [-0.39, 0.29) is 10.8 Å². The summed E-state index contributed by atoms with van der Waals surface area (Å²) in [6.07, 6.45) is 0. The number of aromatic nitrogens is 3. The SMILES string of the molecule is CC(C)(C)c1ccc(C2(c3ccc(C(C)(C)C)cc3)c3ccccc3Oc3c(-c4cccc(-c5cccc(-c6nc(-c7ccccc7)nc(-c7ccc(C#N)cc7)n6)c5)c4)cccc32)cc1. The second-order valence-corrected chi connectivity index (χ2v) is 19.2. The third-order valence-electron chi connectivity index (χ3n) is 12.9. The second-order valence-electron chi connectivity index (χ2n) is 19.2. The fraction of sp³-hybridized carbons (Fsp3) is 0.148. The maximum Gasteiger partial charge on any atom is 0.164 e. The summed E-state index contributed by atoms with van der Waals surface area (Å²) in [4.78, 5) is 14.9. The number of hydrogen-bond acceptors (Lipinski definition) is 5. The van der Waals surface area contributed by atoms with Crippen LogP contribution in [0.15, 0.2) is 194 Å². The van der Waals surface area contributed by atoms with E-state index in [4.69, 9.17) is 19.7 Å². The maximum absolute atomic E-state index is 9.44. The minimum atomic E-state index is -0.668. The summed E-state index contributed by atoms with van der Waals surface area (Å²) in [5, 5.41) is 9.44. The van der Waals surface area contributed by atoms with Crippen molar-refractivity contribution in [3.63, 3.8) is 0 Å². The van der Waals surface area contributed by atoms with Crippen LogP contribution in [-0.2, 0) is 16.2 Å². The zero-order valence-electron chi connectivity index (χ0n) is 38.2. The van der Waals surface area contributed by atoms with Crippen LogP contribution in [0.1, 0.15) is 80.5 Å². The van der Waals surface area contributed by atoms with Gasteiger partial charge in [-0.15, -0.1) is 0 Å². The average Bonchev–Trinajstić information content (AvgIpc) is 3.35. The number of ether oxygens (including phenoxy) is 1. The molecule has 0 unspecified atom stereocenters. The second kappa shape index (κ2) is 16.6. The number of nitrogens with zero attached hydrogens (tertiary/aromatic N) is 4. The van der Waals surface area contributed by atoms with Gasteiger partial charge >= 0.3 is 0 Å². The predicted molar refractivity (Wildman–Crippen MR) is 268 cm³/mol. The molecule has 320 valence electrons. The van der Waals surface area contributed by atoms with Crippen LogP contribution in [0, 0.1) is 11.3 Å². The van der Waals surface area contributed by atoms with Gasteiger partial charge in [-0.25, -0.2) is 15.0 Å². The molecule has 8 aromatic carbocycles. The van der Waals surface area contributed by atoms with Crippen molar-refractivity contribution in [2.24, 2.45) is 0 Å². The molecule has 0 radical (unpaired) electrons. The lowest BCUT2D eigenvalue weighted by molar-refractivity contribution is 0.436.